The third-order valence-corrected chi connectivity index (χ3v) is 3.83. The maximum atomic E-state index is 12.1. The summed E-state index contributed by atoms with van der Waals surface area (Å²) in [7, 11) is 0.969. The minimum absolute atomic E-state index is 0.0432. The van der Waals surface area contributed by atoms with Gasteiger partial charge in [-0.15, -0.1) is 0 Å². The number of carbonyl (C=O) groups excluding carboxylic acids is 2. The van der Waals surface area contributed by atoms with Gasteiger partial charge in [0.2, 0.25) is 8.32 Å². The topological polar surface area (TPSA) is 79.6 Å². The average Bonchev–Trinajstić information content (AvgIpc) is 2.70. The summed E-state index contributed by atoms with van der Waals surface area (Å²) in [6.45, 7) is 5.81. The maximum Gasteiger partial charge on any atom is 0.350 e. The SMILES string of the molecule is COC(=O)/C(C#N)=C1/CCC(C(=O)O[Si](C)(C)C)N1C. The summed E-state index contributed by atoms with van der Waals surface area (Å²) in [5.74, 6) is -0.961. The molecule has 1 heterocycles. The number of likely N-dealkylation sites (N-methyl/N-ethyl adjacent to an activating group) is 1. The number of hydrogen-bond donors (Lipinski definition) is 0. The van der Waals surface area contributed by atoms with Gasteiger partial charge in [0.1, 0.15) is 12.1 Å². The molecule has 1 fully saturated rings. The number of likely N-dealkylation sites (tertiary alicyclic amines) is 1. The van der Waals surface area contributed by atoms with Crippen LogP contribution in [0.25, 0.3) is 0 Å². The molecule has 0 radical (unpaired) electrons. The molecule has 6 nitrogen and oxygen atoms in total. The van der Waals surface area contributed by atoms with Gasteiger partial charge in [-0.25, -0.2) is 4.79 Å². The lowest BCUT2D eigenvalue weighted by molar-refractivity contribution is -0.140. The Balaban J connectivity index is 2.95. The highest BCUT2D eigenvalue weighted by molar-refractivity contribution is 6.71. The number of esters is 1. The quantitative estimate of drug-likeness (QED) is 0.339. The van der Waals surface area contributed by atoms with Crippen molar-refractivity contribution in [2.75, 3.05) is 14.2 Å². The van der Waals surface area contributed by atoms with E-state index in [1.165, 1.54) is 7.11 Å². The van der Waals surface area contributed by atoms with Crippen LogP contribution in [0.15, 0.2) is 11.3 Å². The first-order valence-electron chi connectivity index (χ1n) is 6.38. The standard InChI is InChI=1S/C13H20N2O4Si/c1-15-10(9(8-14)12(16)18-2)6-7-11(15)13(17)19-20(3,4)5/h11H,6-7H2,1-5H3/b10-9-. The third-order valence-electron chi connectivity index (χ3n) is 3.02. The van der Waals surface area contributed by atoms with Gasteiger partial charge >= 0.3 is 11.9 Å². The first-order valence-corrected chi connectivity index (χ1v) is 9.79. The van der Waals surface area contributed by atoms with Gasteiger partial charge < -0.3 is 14.1 Å². The van der Waals surface area contributed by atoms with E-state index in [9.17, 15) is 9.59 Å². The van der Waals surface area contributed by atoms with Gasteiger partial charge in [0, 0.05) is 12.7 Å². The molecule has 0 aromatic carbocycles. The zero-order valence-electron chi connectivity index (χ0n) is 12.5. The van der Waals surface area contributed by atoms with Crippen molar-refractivity contribution in [3.05, 3.63) is 11.3 Å². The van der Waals surface area contributed by atoms with Gasteiger partial charge in [-0.1, -0.05) is 0 Å². The molecule has 0 aromatic rings. The minimum Gasteiger partial charge on any atom is -0.518 e. The zero-order chi connectivity index (χ0) is 15.5. The van der Waals surface area contributed by atoms with Crippen molar-refractivity contribution in [2.45, 2.75) is 38.5 Å². The highest BCUT2D eigenvalue weighted by Gasteiger charge is 2.37. The van der Waals surface area contributed by atoms with Gasteiger partial charge in [0.25, 0.3) is 0 Å². The molecule has 0 aliphatic carbocycles. The van der Waals surface area contributed by atoms with Gasteiger partial charge in [-0.2, -0.15) is 5.26 Å². The van der Waals surface area contributed by atoms with Gasteiger partial charge in [-0.3, -0.25) is 4.79 Å². The van der Waals surface area contributed by atoms with Crippen molar-refractivity contribution in [1.82, 2.24) is 4.90 Å². The number of nitriles is 1. The molecule has 1 saturated heterocycles. The van der Waals surface area contributed by atoms with Crippen molar-refractivity contribution < 1.29 is 18.8 Å². The Hall–Kier alpha value is -1.81. The van der Waals surface area contributed by atoms with E-state index in [-0.39, 0.29) is 11.5 Å². The van der Waals surface area contributed by atoms with E-state index in [0.717, 1.165) is 0 Å². The lowest BCUT2D eigenvalue weighted by Crippen LogP contribution is -2.40. The van der Waals surface area contributed by atoms with Crippen LogP contribution in [0.3, 0.4) is 0 Å². The van der Waals surface area contributed by atoms with Gasteiger partial charge in [0.05, 0.1) is 7.11 Å². The molecule has 0 amide bonds. The van der Waals surface area contributed by atoms with E-state index in [4.69, 9.17) is 9.69 Å². The molecule has 1 rings (SSSR count). The van der Waals surface area contributed by atoms with Crippen LogP contribution in [0, 0.1) is 11.3 Å². The Morgan fingerprint density at radius 1 is 1.40 bits per heavy atom. The van der Waals surface area contributed by atoms with Gasteiger partial charge in [0.15, 0.2) is 5.57 Å². The predicted molar refractivity (Wildman–Crippen MR) is 74.9 cm³/mol. The molecule has 0 N–H and O–H groups in total. The van der Waals surface area contributed by atoms with Crippen molar-refractivity contribution in [2.24, 2.45) is 0 Å². The Bertz CT molecular complexity index is 488. The summed E-state index contributed by atoms with van der Waals surface area (Å²) in [6.07, 6.45) is 1.03. The van der Waals surface area contributed by atoms with E-state index in [1.54, 1.807) is 11.9 Å². The van der Waals surface area contributed by atoms with E-state index in [1.807, 2.05) is 25.7 Å². The predicted octanol–water partition coefficient (Wildman–Crippen LogP) is 1.41. The van der Waals surface area contributed by atoms with Crippen molar-refractivity contribution in [3.63, 3.8) is 0 Å². The molecule has 1 unspecified atom stereocenters. The van der Waals surface area contributed by atoms with Crippen molar-refractivity contribution in [3.8, 4) is 6.07 Å². The van der Waals surface area contributed by atoms with Crippen LogP contribution in [0.1, 0.15) is 12.8 Å². The first kappa shape index (κ1) is 16.2. The number of methoxy groups -OCH3 is 1. The second kappa shape index (κ2) is 6.09. The molecule has 1 aliphatic heterocycles. The number of ether oxygens (including phenoxy) is 1. The average molecular weight is 296 g/mol. The fraction of sp³-hybridized carbons (Fsp3) is 0.615. The molecule has 1 atom stereocenters. The van der Waals surface area contributed by atoms with Crippen LogP contribution in [0.4, 0.5) is 0 Å². The van der Waals surface area contributed by atoms with Crippen LogP contribution in [0.2, 0.25) is 19.6 Å². The summed E-state index contributed by atoms with van der Waals surface area (Å²) >= 11 is 0. The van der Waals surface area contributed by atoms with E-state index < -0.39 is 20.3 Å². The molecule has 0 bridgehead atoms. The molecule has 1 aliphatic rings. The van der Waals surface area contributed by atoms with Crippen LogP contribution in [-0.2, 0) is 18.8 Å². The number of allylic oxidation sites excluding steroid dienone is 1. The smallest absolute Gasteiger partial charge is 0.350 e. The molecule has 110 valence electrons. The largest absolute Gasteiger partial charge is 0.518 e. The fourth-order valence-corrected chi connectivity index (χ4v) is 2.85. The van der Waals surface area contributed by atoms with Crippen LogP contribution < -0.4 is 0 Å². The summed E-state index contributed by atoms with van der Waals surface area (Å²) in [5, 5.41) is 9.07. The lowest BCUT2D eigenvalue weighted by Gasteiger charge is -2.26. The van der Waals surface area contributed by atoms with Crippen LogP contribution >= 0.6 is 0 Å². The number of nitrogens with zero attached hydrogens (tertiary/aromatic N) is 2. The Kier molecular flexibility index (Phi) is 4.95. The molecular weight excluding hydrogens is 276 g/mol. The summed E-state index contributed by atoms with van der Waals surface area (Å²) in [4.78, 5) is 25.3. The Morgan fingerprint density at radius 3 is 2.45 bits per heavy atom. The zero-order valence-corrected chi connectivity index (χ0v) is 13.5. The van der Waals surface area contributed by atoms with E-state index >= 15 is 0 Å². The van der Waals surface area contributed by atoms with Gasteiger partial charge in [-0.05, 0) is 32.5 Å². The first-order chi connectivity index (χ1) is 9.21. The molecule has 0 spiro atoms. The molecule has 0 saturated carbocycles. The highest BCUT2D eigenvalue weighted by Crippen LogP contribution is 2.29. The van der Waals surface area contributed by atoms with E-state index in [0.29, 0.717) is 18.5 Å². The fourth-order valence-electron chi connectivity index (χ4n) is 2.11. The molecular formula is C13H20N2O4Si. The Labute approximate surface area is 120 Å². The number of rotatable bonds is 3. The van der Waals surface area contributed by atoms with E-state index in [2.05, 4.69) is 4.74 Å². The Morgan fingerprint density at radius 2 is 2.00 bits per heavy atom. The van der Waals surface area contributed by atoms with Crippen molar-refractivity contribution in [1.29, 1.82) is 5.26 Å². The van der Waals surface area contributed by atoms with Crippen molar-refractivity contribution >= 4 is 20.3 Å². The third kappa shape index (κ3) is 3.60. The van der Waals surface area contributed by atoms with Crippen LogP contribution in [-0.4, -0.2) is 45.4 Å². The molecule has 20 heavy (non-hydrogen) atoms. The summed E-state index contributed by atoms with van der Waals surface area (Å²) in [5.41, 5.74) is 0.496. The summed E-state index contributed by atoms with van der Waals surface area (Å²) < 4.78 is 10.1. The number of hydrogen-bond acceptors (Lipinski definition) is 6. The molecule has 7 heteroatoms. The lowest BCUT2D eigenvalue weighted by atomic mass is 10.1. The van der Waals surface area contributed by atoms with Crippen LogP contribution in [0.5, 0.6) is 0 Å². The second-order valence-corrected chi connectivity index (χ2v) is 10.1. The monoisotopic (exact) mass is 296 g/mol. The maximum absolute atomic E-state index is 12.1. The number of carbonyl (C=O) groups is 2. The highest BCUT2D eigenvalue weighted by atomic mass is 28.4. The molecule has 0 aromatic heterocycles. The normalized spacial score (nSPS) is 21.2. The minimum atomic E-state index is -1.95. The second-order valence-electron chi connectivity index (χ2n) is 5.62. The summed E-state index contributed by atoms with van der Waals surface area (Å²) in [6, 6.07) is 1.41.